The summed E-state index contributed by atoms with van der Waals surface area (Å²) >= 11 is 0. The zero-order chi connectivity index (χ0) is 10.2. The van der Waals surface area contributed by atoms with Gasteiger partial charge >= 0.3 is 0 Å². The Morgan fingerprint density at radius 3 is 2.93 bits per heavy atom. The smallest absolute Gasteiger partial charge is 0.151 e. The summed E-state index contributed by atoms with van der Waals surface area (Å²) in [4.78, 5) is 0. The van der Waals surface area contributed by atoms with Crippen LogP contribution in [0.15, 0.2) is 6.20 Å². The summed E-state index contributed by atoms with van der Waals surface area (Å²) in [6.07, 6.45) is 3.29. The van der Waals surface area contributed by atoms with Crippen LogP contribution >= 0.6 is 0 Å². The van der Waals surface area contributed by atoms with Crippen molar-refractivity contribution >= 4 is 0 Å². The molecule has 1 aromatic rings. The van der Waals surface area contributed by atoms with Crippen molar-refractivity contribution in [3.05, 3.63) is 17.5 Å². The lowest BCUT2D eigenvalue weighted by Crippen LogP contribution is -2.40. The van der Waals surface area contributed by atoms with Gasteiger partial charge in [0.05, 0.1) is 5.69 Å². The minimum atomic E-state index is -1.21. The van der Waals surface area contributed by atoms with E-state index in [2.05, 4.69) is 10.4 Å². The minimum Gasteiger partial charge on any atom is -0.313 e. The van der Waals surface area contributed by atoms with E-state index in [4.69, 9.17) is 0 Å². The van der Waals surface area contributed by atoms with E-state index in [1.54, 1.807) is 10.9 Å². The van der Waals surface area contributed by atoms with Gasteiger partial charge in [0.1, 0.15) is 0 Å². The molecule has 2 rings (SSSR count). The fourth-order valence-corrected chi connectivity index (χ4v) is 2.14. The van der Waals surface area contributed by atoms with E-state index in [0.717, 1.165) is 24.2 Å². The summed E-state index contributed by atoms with van der Waals surface area (Å²) in [6.45, 7) is 3.20. The van der Waals surface area contributed by atoms with Gasteiger partial charge in [0.2, 0.25) is 0 Å². The molecule has 14 heavy (non-hydrogen) atoms. The molecule has 0 saturated carbocycles. The highest BCUT2D eigenvalue weighted by Crippen LogP contribution is 2.34. The minimum absolute atomic E-state index is 0.416. The van der Waals surface area contributed by atoms with E-state index in [1.165, 1.54) is 0 Å². The first-order valence-corrected chi connectivity index (χ1v) is 5.02. The number of hydrogen-bond donors (Lipinski definition) is 1. The third-order valence-corrected chi connectivity index (χ3v) is 2.83. The second kappa shape index (κ2) is 3.35. The second-order valence-corrected chi connectivity index (χ2v) is 4.05. The summed E-state index contributed by atoms with van der Waals surface area (Å²) in [5, 5.41) is 7.28. The quantitative estimate of drug-likeness (QED) is 0.735. The summed E-state index contributed by atoms with van der Waals surface area (Å²) in [7, 11) is 1.83. The molecule has 0 aliphatic carbocycles. The molecule has 1 aliphatic heterocycles. The van der Waals surface area contributed by atoms with Gasteiger partial charge in [-0.05, 0) is 26.3 Å². The fraction of sp³-hybridized carbons (Fsp3) is 0.700. The van der Waals surface area contributed by atoms with E-state index in [0.29, 0.717) is 13.0 Å². The molecule has 1 N–H and O–H groups in total. The molecular weight excluding hydrogens is 181 g/mol. The van der Waals surface area contributed by atoms with Crippen LogP contribution in [0, 0.1) is 6.92 Å². The van der Waals surface area contributed by atoms with Crippen LogP contribution in [0.1, 0.15) is 24.1 Å². The molecule has 1 aliphatic rings. The van der Waals surface area contributed by atoms with Gasteiger partial charge in [0, 0.05) is 25.4 Å². The number of aromatic nitrogens is 2. The topological polar surface area (TPSA) is 29.9 Å². The van der Waals surface area contributed by atoms with Gasteiger partial charge in [-0.25, -0.2) is 4.39 Å². The number of alkyl halides is 1. The zero-order valence-electron chi connectivity index (χ0n) is 8.68. The van der Waals surface area contributed by atoms with Crippen molar-refractivity contribution in [2.24, 2.45) is 7.05 Å². The molecule has 3 nitrogen and oxygen atoms in total. The summed E-state index contributed by atoms with van der Waals surface area (Å²) in [5.41, 5.74) is 0.335. The van der Waals surface area contributed by atoms with Gasteiger partial charge < -0.3 is 5.32 Å². The van der Waals surface area contributed by atoms with Crippen LogP contribution in [0.25, 0.3) is 0 Å². The monoisotopic (exact) mass is 197 g/mol. The number of nitrogens with one attached hydrogen (secondary N) is 1. The highest BCUT2D eigenvalue weighted by atomic mass is 19.1. The maximum Gasteiger partial charge on any atom is 0.151 e. The van der Waals surface area contributed by atoms with E-state index in [9.17, 15) is 4.39 Å². The number of rotatable bonds is 1. The lowest BCUT2D eigenvalue weighted by Gasteiger charge is -2.29. The average molecular weight is 197 g/mol. The largest absolute Gasteiger partial charge is 0.313 e. The van der Waals surface area contributed by atoms with Crippen LogP contribution < -0.4 is 5.32 Å². The van der Waals surface area contributed by atoms with Crippen LogP contribution in [0.4, 0.5) is 4.39 Å². The Labute approximate surface area is 83.3 Å². The molecule has 0 aromatic carbocycles. The third kappa shape index (κ3) is 1.54. The van der Waals surface area contributed by atoms with Crippen LogP contribution in [0.5, 0.6) is 0 Å². The van der Waals surface area contributed by atoms with Crippen LogP contribution in [0.3, 0.4) is 0 Å². The number of hydrogen-bond acceptors (Lipinski definition) is 2. The first-order chi connectivity index (χ1) is 6.62. The molecular formula is C10H16FN3. The molecule has 1 atom stereocenters. The highest BCUT2D eigenvalue weighted by Gasteiger charge is 2.36. The summed E-state index contributed by atoms with van der Waals surface area (Å²) in [6, 6.07) is 0. The molecule has 2 heterocycles. The van der Waals surface area contributed by atoms with E-state index in [1.807, 2.05) is 14.0 Å². The Bertz CT molecular complexity index is 326. The first kappa shape index (κ1) is 9.65. The molecule has 0 amide bonds. The maximum absolute atomic E-state index is 14.5. The maximum atomic E-state index is 14.5. The Balaban J connectivity index is 2.32. The fourth-order valence-electron chi connectivity index (χ4n) is 2.14. The Morgan fingerprint density at radius 2 is 2.43 bits per heavy atom. The number of halogens is 1. The van der Waals surface area contributed by atoms with Gasteiger partial charge in [0.25, 0.3) is 0 Å². The summed E-state index contributed by atoms with van der Waals surface area (Å²) < 4.78 is 16.1. The van der Waals surface area contributed by atoms with Crippen LogP contribution in [-0.2, 0) is 12.7 Å². The van der Waals surface area contributed by atoms with Crippen LogP contribution in [0.2, 0.25) is 0 Å². The second-order valence-electron chi connectivity index (χ2n) is 4.05. The molecule has 1 aromatic heterocycles. The van der Waals surface area contributed by atoms with Crippen molar-refractivity contribution in [2.75, 3.05) is 13.1 Å². The van der Waals surface area contributed by atoms with Crippen molar-refractivity contribution in [1.82, 2.24) is 15.1 Å². The van der Waals surface area contributed by atoms with Gasteiger partial charge in [-0.3, -0.25) is 4.68 Å². The summed E-state index contributed by atoms with van der Waals surface area (Å²) in [5.74, 6) is 0. The third-order valence-electron chi connectivity index (χ3n) is 2.83. The van der Waals surface area contributed by atoms with E-state index in [-0.39, 0.29) is 0 Å². The molecule has 1 fully saturated rings. The van der Waals surface area contributed by atoms with Crippen molar-refractivity contribution < 1.29 is 4.39 Å². The highest BCUT2D eigenvalue weighted by molar-refractivity contribution is 5.25. The Kier molecular flexibility index (Phi) is 2.31. The van der Waals surface area contributed by atoms with Crippen molar-refractivity contribution in [1.29, 1.82) is 0 Å². The SMILES string of the molecule is Cc1nn(C)cc1C1(F)CCCNC1. The van der Waals surface area contributed by atoms with Gasteiger partial charge in [-0.15, -0.1) is 0 Å². The molecule has 4 heteroatoms. The lowest BCUT2D eigenvalue weighted by molar-refractivity contribution is 0.121. The molecule has 78 valence electrons. The predicted octanol–water partition coefficient (Wildman–Crippen LogP) is 1.28. The van der Waals surface area contributed by atoms with E-state index >= 15 is 0 Å². The van der Waals surface area contributed by atoms with Gasteiger partial charge in [0.15, 0.2) is 5.67 Å². The zero-order valence-corrected chi connectivity index (χ0v) is 8.68. The Morgan fingerprint density at radius 1 is 1.64 bits per heavy atom. The van der Waals surface area contributed by atoms with Crippen molar-refractivity contribution in [2.45, 2.75) is 25.4 Å². The number of piperidine rings is 1. The molecule has 0 radical (unpaired) electrons. The average Bonchev–Trinajstić information content (AvgIpc) is 2.47. The van der Waals surface area contributed by atoms with Crippen LogP contribution in [-0.4, -0.2) is 22.9 Å². The number of aryl methyl sites for hydroxylation is 2. The van der Waals surface area contributed by atoms with Crippen molar-refractivity contribution in [3.8, 4) is 0 Å². The number of nitrogens with zero attached hydrogens (tertiary/aromatic N) is 2. The molecule has 0 bridgehead atoms. The van der Waals surface area contributed by atoms with Crippen molar-refractivity contribution in [3.63, 3.8) is 0 Å². The Hall–Kier alpha value is -0.900. The molecule has 1 unspecified atom stereocenters. The molecule has 0 spiro atoms. The van der Waals surface area contributed by atoms with Gasteiger partial charge in [-0.2, -0.15) is 5.10 Å². The van der Waals surface area contributed by atoms with E-state index < -0.39 is 5.67 Å². The lowest BCUT2D eigenvalue weighted by atomic mass is 9.89. The first-order valence-electron chi connectivity index (χ1n) is 5.02. The molecule has 1 saturated heterocycles. The predicted molar refractivity (Wildman–Crippen MR) is 52.8 cm³/mol. The van der Waals surface area contributed by atoms with Gasteiger partial charge in [-0.1, -0.05) is 0 Å². The standard InChI is InChI=1S/C10H16FN3/c1-8-9(6-14(2)13-8)10(11)4-3-5-12-7-10/h6,12H,3-5,7H2,1-2H3. The normalized spacial score (nSPS) is 27.9.